The maximum Gasteiger partial charge on any atom is 0.161 e. The van der Waals surface area contributed by atoms with Crippen LogP contribution in [0, 0.1) is 0 Å². The molecule has 74 valence electrons. The molecule has 1 N–H and O–H groups in total. The van der Waals surface area contributed by atoms with Crippen molar-refractivity contribution in [2.75, 3.05) is 6.54 Å². The van der Waals surface area contributed by atoms with Crippen molar-refractivity contribution < 1.29 is 0 Å². The van der Waals surface area contributed by atoms with Crippen LogP contribution in [0.2, 0.25) is 5.15 Å². The van der Waals surface area contributed by atoms with E-state index in [4.69, 9.17) is 11.6 Å². The average Bonchev–Trinajstić information content (AvgIpc) is 2.60. The summed E-state index contributed by atoms with van der Waals surface area (Å²) in [6, 6.07) is 1.72. The molecule has 0 fully saturated rings. The molecule has 2 rings (SSSR count). The zero-order valence-corrected chi connectivity index (χ0v) is 8.62. The van der Waals surface area contributed by atoms with Crippen molar-refractivity contribution in [2.24, 2.45) is 0 Å². The monoisotopic (exact) mass is 210 g/mol. The van der Waals surface area contributed by atoms with E-state index in [0.29, 0.717) is 5.15 Å². The van der Waals surface area contributed by atoms with E-state index >= 15 is 0 Å². The van der Waals surface area contributed by atoms with Gasteiger partial charge in [0.25, 0.3) is 0 Å². The van der Waals surface area contributed by atoms with Gasteiger partial charge in [0.2, 0.25) is 0 Å². The van der Waals surface area contributed by atoms with Gasteiger partial charge in [-0.25, -0.2) is 9.50 Å². The molecular weight excluding hydrogens is 200 g/mol. The molecule has 2 heterocycles. The first kappa shape index (κ1) is 9.43. The highest BCUT2D eigenvalue weighted by Crippen LogP contribution is 2.12. The van der Waals surface area contributed by atoms with Gasteiger partial charge in [-0.05, 0) is 12.6 Å². The molecule has 0 saturated heterocycles. The maximum atomic E-state index is 5.94. The van der Waals surface area contributed by atoms with Crippen LogP contribution in [-0.2, 0) is 6.54 Å². The number of fused-ring (bicyclic) bond motifs is 1. The van der Waals surface area contributed by atoms with Crippen molar-refractivity contribution in [3.8, 4) is 0 Å². The van der Waals surface area contributed by atoms with Gasteiger partial charge in [0.1, 0.15) is 5.15 Å². The molecule has 2 aromatic heterocycles. The topological polar surface area (TPSA) is 42.2 Å². The van der Waals surface area contributed by atoms with Crippen LogP contribution in [-0.4, -0.2) is 21.1 Å². The van der Waals surface area contributed by atoms with Gasteiger partial charge in [-0.15, -0.1) is 0 Å². The fraction of sp³-hybridized carbons (Fsp3) is 0.333. The van der Waals surface area contributed by atoms with Crippen LogP contribution in [0.25, 0.3) is 5.65 Å². The Morgan fingerprint density at radius 3 is 3.21 bits per heavy atom. The molecule has 4 nitrogen and oxygen atoms in total. The summed E-state index contributed by atoms with van der Waals surface area (Å²) in [6.45, 7) is 3.76. The SMILES string of the molecule is CCNCc1cnn2c(Cl)ccnc12. The molecule has 2 aromatic rings. The van der Waals surface area contributed by atoms with Crippen LogP contribution in [0.15, 0.2) is 18.5 Å². The van der Waals surface area contributed by atoms with Gasteiger partial charge >= 0.3 is 0 Å². The Balaban J connectivity index is 2.42. The Morgan fingerprint density at radius 2 is 2.43 bits per heavy atom. The van der Waals surface area contributed by atoms with Crippen molar-refractivity contribution in [3.05, 3.63) is 29.2 Å². The summed E-state index contributed by atoms with van der Waals surface area (Å²) in [5.74, 6) is 0. The van der Waals surface area contributed by atoms with Crippen molar-refractivity contribution in [2.45, 2.75) is 13.5 Å². The number of aromatic nitrogens is 3. The Kier molecular flexibility index (Phi) is 2.65. The highest BCUT2D eigenvalue weighted by atomic mass is 35.5. The highest BCUT2D eigenvalue weighted by Gasteiger charge is 2.05. The Bertz CT molecular complexity index is 437. The van der Waals surface area contributed by atoms with Gasteiger partial charge < -0.3 is 5.32 Å². The third kappa shape index (κ3) is 1.58. The summed E-state index contributed by atoms with van der Waals surface area (Å²) in [7, 11) is 0. The molecule has 0 amide bonds. The number of hydrogen-bond donors (Lipinski definition) is 1. The largest absolute Gasteiger partial charge is 0.313 e. The van der Waals surface area contributed by atoms with Crippen molar-refractivity contribution >= 4 is 17.2 Å². The highest BCUT2D eigenvalue weighted by molar-refractivity contribution is 6.29. The molecule has 0 aliphatic rings. The fourth-order valence-corrected chi connectivity index (χ4v) is 1.47. The molecule has 0 atom stereocenters. The van der Waals surface area contributed by atoms with Gasteiger partial charge in [0, 0.05) is 18.3 Å². The van der Waals surface area contributed by atoms with Crippen LogP contribution < -0.4 is 5.32 Å². The summed E-state index contributed by atoms with van der Waals surface area (Å²) < 4.78 is 1.63. The van der Waals surface area contributed by atoms with Gasteiger partial charge in [-0.3, -0.25) is 0 Å². The van der Waals surface area contributed by atoms with E-state index in [0.717, 1.165) is 24.3 Å². The second-order valence-corrected chi connectivity index (χ2v) is 3.34. The van der Waals surface area contributed by atoms with Gasteiger partial charge in [0.05, 0.1) is 6.20 Å². The molecule has 0 spiro atoms. The lowest BCUT2D eigenvalue weighted by atomic mass is 10.3. The van der Waals surface area contributed by atoms with Crippen LogP contribution >= 0.6 is 11.6 Å². The van der Waals surface area contributed by atoms with E-state index in [-0.39, 0.29) is 0 Å². The smallest absolute Gasteiger partial charge is 0.161 e. The number of hydrogen-bond acceptors (Lipinski definition) is 3. The van der Waals surface area contributed by atoms with Gasteiger partial charge in [-0.1, -0.05) is 18.5 Å². The summed E-state index contributed by atoms with van der Waals surface area (Å²) in [6.07, 6.45) is 3.48. The number of halogens is 1. The van der Waals surface area contributed by atoms with Crippen LogP contribution in [0.4, 0.5) is 0 Å². The molecule has 0 radical (unpaired) electrons. The summed E-state index contributed by atoms with van der Waals surface area (Å²) in [5, 5.41) is 7.96. The minimum Gasteiger partial charge on any atom is -0.313 e. The number of nitrogens with one attached hydrogen (secondary N) is 1. The van der Waals surface area contributed by atoms with E-state index in [2.05, 4.69) is 22.3 Å². The summed E-state index contributed by atoms with van der Waals surface area (Å²) in [5.41, 5.74) is 1.88. The van der Waals surface area contributed by atoms with E-state index < -0.39 is 0 Å². The van der Waals surface area contributed by atoms with Crippen LogP contribution in [0.5, 0.6) is 0 Å². The van der Waals surface area contributed by atoms with Gasteiger partial charge in [-0.2, -0.15) is 5.10 Å². The zero-order valence-electron chi connectivity index (χ0n) is 7.87. The minimum absolute atomic E-state index is 0.581. The lowest BCUT2D eigenvalue weighted by Crippen LogP contribution is -2.11. The third-order valence-corrected chi connectivity index (χ3v) is 2.28. The summed E-state index contributed by atoms with van der Waals surface area (Å²) in [4.78, 5) is 4.23. The molecule has 0 aliphatic carbocycles. The van der Waals surface area contributed by atoms with Crippen molar-refractivity contribution in [3.63, 3.8) is 0 Å². The quantitative estimate of drug-likeness (QED) is 0.781. The molecule has 0 aromatic carbocycles. The minimum atomic E-state index is 0.581. The second kappa shape index (κ2) is 3.94. The average molecular weight is 211 g/mol. The van der Waals surface area contributed by atoms with Crippen molar-refractivity contribution in [1.29, 1.82) is 0 Å². The maximum absolute atomic E-state index is 5.94. The standard InChI is InChI=1S/C9H11ClN4/c1-2-11-5-7-6-13-14-8(10)3-4-12-9(7)14/h3-4,6,11H,2,5H2,1H3. The first-order chi connectivity index (χ1) is 6.83. The van der Waals surface area contributed by atoms with E-state index in [1.54, 1.807) is 23.0 Å². The first-order valence-electron chi connectivity index (χ1n) is 4.50. The Morgan fingerprint density at radius 1 is 1.57 bits per heavy atom. The molecule has 14 heavy (non-hydrogen) atoms. The molecular formula is C9H11ClN4. The second-order valence-electron chi connectivity index (χ2n) is 2.95. The molecule has 0 bridgehead atoms. The van der Waals surface area contributed by atoms with Gasteiger partial charge in [0.15, 0.2) is 5.65 Å². The lowest BCUT2D eigenvalue weighted by Gasteiger charge is -1.99. The predicted octanol–water partition coefficient (Wildman–Crippen LogP) is 1.49. The molecule has 0 aliphatic heterocycles. The van der Waals surface area contributed by atoms with Crippen LogP contribution in [0.3, 0.4) is 0 Å². The third-order valence-electron chi connectivity index (χ3n) is 1.99. The van der Waals surface area contributed by atoms with Crippen molar-refractivity contribution in [1.82, 2.24) is 19.9 Å². The zero-order chi connectivity index (χ0) is 9.97. The molecule has 5 heteroatoms. The lowest BCUT2D eigenvalue weighted by molar-refractivity contribution is 0.729. The van der Waals surface area contributed by atoms with E-state index in [1.807, 2.05) is 0 Å². The molecule has 0 unspecified atom stereocenters. The Hall–Kier alpha value is -1.13. The fourth-order valence-electron chi connectivity index (χ4n) is 1.29. The van der Waals surface area contributed by atoms with E-state index in [1.165, 1.54) is 0 Å². The van der Waals surface area contributed by atoms with Crippen LogP contribution in [0.1, 0.15) is 12.5 Å². The summed E-state index contributed by atoms with van der Waals surface area (Å²) >= 11 is 5.94. The predicted molar refractivity (Wildman–Crippen MR) is 55.4 cm³/mol. The normalized spacial score (nSPS) is 11.0. The Labute approximate surface area is 86.9 Å². The molecule has 0 saturated carbocycles. The number of nitrogens with zero attached hydrogens (tertiary/aromatic N) is 3. The van der Waals surface area contributed by atoms with E-state index in [9.17, 15) is 0 Å². The number of rotatable bonds is 3. The first-order valence-corrected chi connectivity index (χ1v) is 4.88.